The standard InChI is InChI=1S/C26H26FN7O/c27-19-14-18(24(29)35)25(34-26(19)33-21-6-2-1-5-20(21)28)32-17-9-11-31-23(13-17)16-8-7-15-4-3-10-30-22(15)12-16/h3-4,7-14,20-21H,1-2,5-6,28H2,(H2,29,35)(H2,31,32,33,34)/t20-,21?/m0/s1. The lowest BCUT2D eigenvalue weighted by atomic mass is 9.91. The van der Waals surface area contributed by atoms with Crippen LogP contribution in [0.15, 0.2) is 60.9 Å². The summed E-state index contributed by atoms with van der Waals surface area (Å²) in [6, 6.07) is 14.3. The highest BCUT2D eigenvalue weighted by molar-refractivity contribution is 5.98. The summed E-state index contributed by atoms with van der Waals surface area (Å²) < 4.78 is 14.8. The second-order valence-corrected chi connectivity index (χ2v) is 8.74. The molecule has 4 aromatic rings. The minimum Gasteiger partial charge on any atom is -0.365 e. The lowest BCUT2D eigenvalue weighted by Crippen LogP contribution is -2.43. The zero-order valence-electron chi connectivity index (χ0n) is 19.0. The van der Waals surface area contributed by atoms with Crippen LogP contribution in [0.3, 0.4) is 0 Å². The lowest BCUT2D eigenvalue weighted by Gasteiger charge is -2.30. The largest absolute Gasteiger partial charge is 0.365 e. The van der Waals surface area contributed by atoms with E-state index in [0.29, 0.717) is 11.4 Å². The molecule has 0 bridgehead atoms. The van der Waals surface area contributed by atoms with Gasteiger partial charge in [-0.2, -0.15) is 0 Å². The van der Waals surface area contributed by atoms with Crippen molar-refractivity contribution in [2.24, 2.45) is 11.5 Å². The van der Waals surface area contributed by atoms with Crippen LogP contribution < -0.4 is 22.1 Å². The molecule has 0 radical (unpaired) electrons. The van der Waals surface area contributed by atoms with Gasteiger partial charge in [-0.3, -0.25) is 14.8 Å². The first-order valence-electron chi connectivity index (χ1n) is 11.6. The van der Waals surface area contributed by atoms with Gasteiger partial charge in [0.25, 0.3) is 5.91 Å². The SMILES string of the molecule is NC(=O)c1cc(F)c(NC2CCCC[C@@H]2N)nc1Nc1ccnc(-c2ccc3cccnc3c2)c1. The second kappa shape index (κ2) is 9.63. The van der Waals surface area contributed by atoms with E-state index in [4.69, 9.17) is 11.5 Å². The molecule has 0 aliphatic heterocycles. The number of fused-ring (bicyclic) bond motifs is 1. The Kier molecular flexibility index (Phi) is 6.24. The first-order chi connectivity index (χ1) is 17.0. The first-order valence-corrected chi connectivity index (χ1v) is 11.6. The molecule has 9 heteroatoms. The van der Waals surface area contributed by atoms with Gasteiger partial charge in [-0.15, -0.1) is 0 Å². The molecule has 35 heavy (non-hydrogen) atoms. The van der Waals surface area contributed by atoms with Crippen molar-refractivity contribution in [3.05, 3.63) is 72.3 Å². The number of halogens is 1. The zero-order valence-corrected chi connectivity index (χ0v) is 19.0. The monoisotopic (exact) mass is 471 g/mol. The van der Waals surface area contributed by atoms with E-state index in [1.54, 1.807) is 18.5 Å². The van der Waals surface area contributed by atoms with Crippen LogP contribution >= 0.6 is 0 Å². The van der Waals surface area contributed by atoms with E-state index in [9.17, 15) is 9.18 Å². The summed E-state index contributed by atoms with van der Waals surface area (Å²) in [4.78, 5) is 25.3. The van der Waals surface area contributed by atoms with Crippen LogP contribution in [0.1, 0.15) is 36.0 Å². The number of benzene rings is 1. The molecule has 1 fully saturated rings. The van der Waals surface area contributed by atoms with Crippen LogP contribution in [0.25, 0.3) is 22.2 Å². The van der Waals surface area contributed by atoms with E-state index < -0.39 is 11.7 Å². The molecule has 3 heterocycles. The average Bonchev–Trinajstić information content (AvgIpc) is 2.87. The minimum atomic E-state index is -0.783. The van der Waals surface area contributed by atoms with Gasteiger partial charge in [0, 0.05) is 41.1 Å². The number of carbonyl (C=O) groups is 1. The molecule has 1 saturated carbocycles. The molecule has 1 aliphatic rings. The van der Waals surface area contributed by atoms with Gasteiger partial charge in [0.15, 0.2) is 11.6 Å². The van der Waals surface area contributed by atoms with Crippen molar-refractivity contribution in [2.75, 3.05) is 10.6 Å². The fourth-order valence-corrected chi connectivity index (χ4v) is 4.42. The summed E-state index contributed by atoms with van der Waals surface area (Å²) in [6.07, 6.45) is 7.16. The Labute approximate surface area is 202 Å². The number of primary amides is 1. The molecule has 1 amide bonds. The van der Waals surface area contributed by atoms with E-state index >= 15 is 0 Å². The highest BCUT2D eigenvalue weighted by Gasteiger charge is 2.24. The molecule has 2 atom stereocenters. The summed E-state index contributed by atoms with van der Waals surface area (Å²) in [5, 5.41) is 7.27. The number of hydrogen-bond donors (Lipinski definition) is 4. The number of hydrogen-bond acceptors (Lipinski definition) is 7. The third-order valence-electron chi connectivity index (χ3n) is 6.31. The van der Waals surface area contributed by atoms with Crippen molar-refractivity contribution in [1.29, 1.82) is 0 Å². The predicted molar refractivity (Wildman–Crippen MR) is 135 cm³/mol. The van der Waals surface area contributed by atoms with E-state index in [-0.39, 0.29) is 29.3 Å². The summed E-state index contributed by atoms with van der Waals surface area (Å²) in [5.41, 5.74) is 14.8. The van der Waals surface area contributed by atoms with Crippen LogP contribution in [0, 0.1) is 5.82 Å². The van der Waals surface area contributed by atoms with E-state index in [1.807, 2.05) is 36.4 Å². The third-order valence-corrected chi connectivity index (χ3v) is 6.31. The minimum absolute atomic E-state index is 0.0368. The summed E-state index contributed by atoms with van der Waals surface area (Å²) in [6.45, 7) is 0. The number of carbonyl (C=O) groups excluding carboxylic acids is 1. The number of anilines is 3. The molecule has 5 rings (SSSR count). The number of nitrogens with one attached hydrogen (secondary N) is 2. The van der Waals surface area contributed by atoms with Crippen LogP contribution in [0.4, 0.5) is 21.7 Å². The molecule has 1 unspecified atom stereocenters. The summed E-state index contributed by atoms with van der Waals surface area (Å²) >= 11 is 0. The van der Waals surface area contributed by atoms with Gasteiger partial charge in [-0.1, -0.05) is 31.0 Å². The molecule has 0 saturated heterocycles. The Morgan fingerprint density at radius 3 is 2.69 bits per heavy atom. The van der Waals surface area contributed by atoms with Gasteiger partial charge in [0.05, 0.1) is 16.8 Å². The quantitative estimate of drug-likeness (QED) is 0.329. The van der Waals surface area contributed by atoms with Gasteiger partial charge in [0.1, 0.15) is 5.82 Å². The maximum atomic E-state index is 14.8. The van der Waals surface area contributed by atoms with Crippen LogP contribution in [0.2, 0.25) is 0 Å². The fraction of sp³-hybridized carbons (Fsp3) is 0.231. The molecular formula is C26H26FN7O. The molecule has 0 spiro atoms. The molecule has 6 N–H and O–H groups in total. The van der Waals surface area contributed by atoms with E-state index in [0.717, 1.165) is 48.2 Å². The average molecular weight is 472 g/mol. The van der Waals surface area contributed by atoms with E-state index in [2.05, 4.69) is 25.6 Å². The maximum Gasteiger partial charge on any atom is 0.252 e. The third kappa shape index (κ3) is 4.90. The topological polar surface area (TPSA) is 132 Å². The summed E-state index contributed by atoms with van der Waals surface area (Å²) in [5.74, 6) is -1.24. The van der Waals surface area contributed by atoms with Crippen molar-refractivity contribution < 1.29 is 9.18 Å². The van der Waals surface area contributed by atoms with Crippen LogP contribution in [-0.4, -0.2) is 32.9 Å². The van der Waals surface area contributed by atoms with Gasteiger partial charge < -0.3 is 22.1 Å². The number of nitrogens with zero attached hydrogens (tertiary/aromatic N) is 3. The Morgan fingerprint density at radius 1 is 1.00 bits per heavy atom. The Morgan fingerprint density at radius 2 is 1.86 bits per heavy atom. The van der Waals surface area contributed by atoms with Gasteiger partial charge in [0.2, 0.25) is 0 Å². The number of aromatic nitrogens is 3. The molecule has 3 aromatic heterocycles. The first kappa shape index (κ1) is 22.7. The van der Waals surface area contributed by atoms with Gasteiger partial charge in [-0.25, -0.2) is 9.37 Å². The van der Waals surface area contributed by atoms with Crippen LogP contribution in [0.5, 0.6) is 0 Å². The number of pyridine rings is 3. The normalized spacial score (nSPS) is 17.8. The van der Waals surface area contributed by atoms with Crippen molar-refractivity contribution in [1.82, 2.24) is 15.0 Å². The predicted octanol–water partition coefficient (Wildman–Crippen LogP) is 4.36. The van der Waals surface area contributed by atoms with Crippen LogP contribution in [-0.2, 0) is 0 Å². The zero-order chi connectivity index (χ0) is 24.4. The van der Waals surface area contributed by atoms with E-state index in [1.165, 1.54) is 0 Å². The smallest absolute Gasteiger partial charge is 0.252 e. The second-order valence-electron chi connectivity index (χ2n) is 8.74. The highest BCUT2D eigenvalue weighted by atomic mass is 19.1. The Bertz CT molecular complexity index is 1390. The molecule has 1 aliphatic carbocycles. The van der Waals surface area contributed by atoms with Crippen molar-refractivity contribution in [3.63, 3.8) is 0 Å². The molecule has 178 valence electrons. The molecule has 1 aromatic carbocycles. The number of amides is 1. The Balaban J connectivity index is 1.46. The van der Waals surface area contributed by atoms with Crippen molar-refractivity contribution >= 4 is 34.1 Å². The fourth-order valence-electron chi connectivity index (χ4n) is 4.42. The molecule has 8 nitrogen and oxygen atoms in total. The maximum absolute atomic E-state index is 14.8. The number of rotatable bonds is 6. The Hall–Kier alpha value is -4.11. The van der Waals surface area contributed by atoms with Gasteiger partial charge in [-0.05, 0) is 43.2 Å². The molecular weight excluding hydrogens is 445 g/mol. The van der Waals surface area contributed by atoms with Gasteiger partial charge >= 0.3 is 0 Å². The van der Waals surface area contributed by atoms with Crippen molar-refractivity contribution in [3.8, 4) is 11.3 Å². The van der Waals surface area contributed by atoms with Crippen molar-refractivity contribution in [2.45, 2.75) is 37.8 Å². The highest BCUT2D eigenvalue weighted by Crippen LogP contribution is 2.29. The lowest BCUT2D eigenvalue weighted by molar-refractivity contribution is 0.100. The number of nitrogens with two attached hydrogens (primary N) is 2. The summed E-state index contributed by atoms with van der Waals surface area (Å²) in [7, 11) is 0.